The monoisotopic (exact) mass is 507 g/mol. The van der Waals surface area contributed by atoms with Crippen LogP contribution < -0.4 is 16.0 Å². The van der Waals surface area contributed by atoms with Gasteiger partial charge in [-0.05, 0) is 62.1 Å². The average molecular weight is 508 g/mol. The molecule has 1 aliphatic heterocycles. The molecule has 4 heterocycles. The van der Waals surface area contributed by atoms with Crippen molar-refractivity contribution >= 4 is 22.8 Å². The molecule has 5 rings (SSSR count). The van der Waals surface area contributed by atoms with Crippen LogP contribution in [0.5, 0.6) is 0 Å². The van der Waals surface area contributed by atoms with Gasteiger partial charge in [0, 0.05) is 25.3 Å². The van der Waals surface area contributed by atoms with Crippen LogP contribution in [0.4, 0.5) is 26.1 Å². The average Bonchev–Trinajstić information content (AvgIpc) is 3.24. The van der Waals surface area contributed by atoms with Crippen LogP contribution in [0.25, 0.3) is 16.8 Å². The summed E-state index contributed by atoms with van der Waals surface area (Å²) in [6, 6.07) is 7.91. The zero-order valence-electron chi connectivity index (χ0n) is 21.2. The number of halogens is 2. The lowest BCUT2D eigenvalue weighted by Gasteiger charge is -2.37. The molecule has 3 N–H and O–H groups in total. The van der Waals surface area contributed by atoms with E-state index in [2.05, 4.69) is 32.2 Å². The van der Waals surface area contributed by atoms with E-state index in [1.165, 1.54) is 16.6 Å². The number of ether oxygens (including phenoxy) is 1. The second-order valence-electron chi connectivity index (χ2n) is 9.96. The summed E-state index contributed by atoms with van der Waals surface area (Å²) in [5.41, 5.74) is 9.04. The first-order chi connectivity index (χ1) is 17.8. The molecule has 0 aliphatic carbocycles. The van der Waals surface area contributed by atoms with Gasteiger partial charge in [0.2, 0.25) is 5.95 Å². The zero-order valence-corrected chi connectivity index (χ0v) is 21.2. The number of fused-ring (bicyclic) bond motifs is 1. The van der Waals surface area contributed by atoms with E-state index in [9.17, 15) is 0 Å². The van der Waals surface area contributed by atoms with Crippen molar-refractivity contribution in [3.8, 4) is 11.3 Å². The van der Waals surface area contributed by atoms with E-state index in [-0.39, 0.29) is 30.0 Å². The fourth-order valence-corrected chi connectivity index (χ4v) is 4.79. The second kappa shape index (κ2) is 10.4. The Balaban J connectivity index is 1.46. The van der Waals surface area contributed by atoms with Gasteiger partial charge in [0.15, 0.2) is 0 Å². The van der Waals surface area contributed by atoms with Gasteiger partial charge < -0.3 is 20.7 Å². The SMILES string of the molecule is CC(C)OCc1cc(F)c(-c2ccc3cnc(Nc4cnccc4N4C[C@H](C)C[C@H](N)C4)n3n2)c(F)c1. The predicted octanol–water partition coefficient (Wildman–Crippen LogP) is 4.91. The Morgan fingerprint density at radius 1 is 1.14 bits per heavy atom. The molecule has 2 atom stereocenters. The first-order valence-corrected chi connectivity index (χ1v) is 12.4. The number of pyridine rings is 1. The topological polar surface area (TPSA) is 93.6 Å². The third-order valence-corrected chi connectivity index (χ3v) is 6.40. The van der Waals surface area contributed by atoms with Gasteiger partial charge in [0.25, 0.3) is 0 Å². The number of nitrogens with zero attached hydrogens (tertiary/aromatic N) is 5. The van der Waals surface area contributed by atoms with Crippen molar-refractivity contribution in [2.24, 2.45) is 11.7 Å². The second-order valence-corrected chi connectivity index (χ2v) is 9.96. The van der Waals surface area contributed by atoms with Crippen molar-refractivity contribution in [1.29, 1.82) is 0 Å². The summed E-state index contributed by atoms with van der Waals surface area (Å²) in [6.07, 6.45) is 6.06. The fraction of sp³-hybridized carbons (Fsp3) is 0.370. The largest absolute Gasteiger partial charge is 0.374 e. The van der Waals surface area contributed by atoms with Crippen LogP contribution in [0.2, 0.25) is 0 Å². The van der Waals surface area contributed by atoms with E-state index in [0.717, 1.165) is 30.9 Å². The molecule has 1 fully saturated rings. The standard InChI is InChI=1S/C27H31F2N7O/c1-16(2)37-15-18-9-21(28)26(22(29)10-18)23-5-4-20-11-32-27(36(20)34-23)33-24-12-31-7-6-25(24)35-13-17(3)8-19(30)14-35/h4-7,9-12,16-17,19H,8,13-15,30H2,1-3H3,(H,32,33)/t17-,19+/m1/s1. The Morgan fingerprint density at radius 2 is 1.92 bits per heavy atom. The molecule has 1 saturated heterocycles. The number of nitrogens with one attached hydrogen (secondary N) is 1. The van der Waals surface area contributed by atoms with Gasteiger partial charge in [-0.25, -0.2) is 13.8 Å². The number of hydrogen-bond donors (Lipinski definition) is 2. The van der Waals surface area contributed by atoms with Crippen molar-refractivity contribution in [2.75, 3.05) is 23.3 Å². The number of aromatic nitrogens is 4. The number of benzene rings is 1. The van der Waals surface area contributed by atoms with Crippen molar-refractivity contribution in [2.45, 2.75) is 45.9 Å². The van der Waals surface area contributed by atoms with Crippen molar-refractivity contribution in [3.05, 3.63) is 66.1 Å². The van der Waals surface area contributed by atoms with Crippen LogP contribution in [0, 0.1) is 17.6 Å². The Hall–Kier alpha value is -3.63. The van der Waals surface area contributed by atoms with E-state index >= 15 is 8.78 Å². The van der Waals surface area contributed by atoms with Crippen LogP contribution >= 0.6 is 0 Å². The van der Waals surface area contributed by atoms with Crippen molar-refractivity contribution in [1.82, 2.24) is 19.6 Å². The third kappa shape index (κ3) is 5.40. The Bertz CT molecular complexity index is 1370. The Labute approximate surface area is 214 Å². The number of piperidine rings is 1. The van der Waals surface area contributed by atoms with Gasteiger partial charge in [0.05, 0.1) is 53.3 Å². The molecular formula is C27H31F2N7O. The summed E-state index contributed by atoms with van der Waals surface area (Å²) >= 11 is 0. The molecule has 1 aromatic carbocycles. The van der Waals surface area contributed by atoms with Crippen LogP contribution in [-0.2, 0) is 11.3 Å². The molecule has 8 nitrogen and oxygen atoms in total. The van der Waals surface area contributed by atoms with Crippen molar-refractivity contribution in [3.63, 3.8) is 0 Å². The predicted molar refractivity (Wildman–Crippen MR) is 140 cm³/mol. The molecule has 0 saturated carbocycles. The lowest BCUT2D eigenvalue weighted by atomic mass is 9.96. The quantitative estimate of drug-likeness (QED) is 0.367. The molecule has 194 valence electrons. The highest BCUT2D eigenvalue weighted by molar-refractivity contribution is 5.74. The molecular weight excluding hydrogens is 476 g/mol. The van der Waals surface area contributed by atoms with Crippen LogP contribution in [0.1, 0.15) is 32.8 Å². The summed E-state index contributed by atoms with van der Waals surface area (Å²) in [6.45, 7) is 7.68. The lowest BCUT2D eigenvalue weighted by Crippen LogP contribution is -2.46. The molecule has 0 unspecified atom stereocenters. The first kappa shape index (κ1) is 25.0. The molecule has 3 aromatic heterocycles. The summed E-state index contributed by atoms with van der Waals surface area (Å²) in [5.74, 6) is -0.527. The molecule has 0 spiro atoms. The van der Waals surface area contributed by atoms with Crippen molar-refractivity contribution < 1.29 is 13.5 Å². The summed E-state index contributed by atoms with van der Waals surface area (Å²) in [5, 5.41) is 7.83. The highest BCUT2D eigenvalue weighted by atomic mass is 19.1. The highest BCUT2D eigenvalue weighted by Crippen LogP contribution is 2.32. The first-order valence-electron chi connectivity index (χ1n) is 12.4. The molecule has 10 heteroatoms. The summed E-state index contributed by atoms with van der Waals surface area (Å²) in [4.78, 5) is 11.0. The maximum Gasteiger partial charge on any atom is 0.229 e. The van der Waals surface area contributed by atoms with E-state index < -0.39 is 11.6 Å². The number of anilines is 3. The molecule has 1 aliphatic rings. The summed E-state index contributed by atoms with van der Waals surface area (Å²) < 4.78 is 37.0. The van der Waals surface area contributed by atoms with Gasteiger partial charge >= 0.3 is 0 Å². The van der Waals surface area contributed by atoms with Gasteiger partial charge in [-0.3, -0.25) is 4.98 Å². The van der Waals surface area contributed by atoms with Gasteiger partial charge in [-0.15, -0.1) is 0 Å². The van der Waals surface area contributed by atoms with Gasteiger partial charge in [-0.1, -0.05) is 6.92 Å². The van der Waals surface area contributed by atoms with Gasteiger partial charge in [-0.2, -0.15) is 9.61 Å². The third-order valence-electron chi connectivity index (χ3n) is 6.40. The number of hydrogen-bond acceptors (Lipinski definition) is 7. The fourth-order valence-electron chi connectivity index (χ4n) is 4.79. The highest BCUT2D eigenvalue weighted by Gasteiger charge is 2.24. The Kier molecular flexibility index (Phi) is 7.03. The number of nitrogens with two attached hydrogens (primary N) is 1. The molecule has 37 heavy (non-hydrogen) atoms. The van der Waals surface area contributed by atoms with E-state index in [4.69, 9.17) is 10.5 Å². The van der Waals surface area contributed by atoms with Gasteiger partial charge in [0.1, 0.15) is 11.6 Å². The number of rotatable bonds is 7. The van der Waals surface area contributed by atoms with Crippen LogP contribution in [-0.4, -0.2) is 44.8 Å². The maximum atomic E-state index is 15.0. The van der Waals surface area contributed by atoms with E-state index in [1.54, 1.807) is 30.7 Å². The molecule has 0 bridgehead atoms. The zero-order chi connectivity index (χ0) is 26.1. The van der Waals surface area contributed by atoms with E-state index in [1.807, 2.05) is 19.9 Å². The maximum absolute atomic E-state index is 15.0. The molecule has 4 aromatic rings. The molecule has 0 radical (unpaired) electrons. The normalized spacial score (nSPS) is 18.1. The minimum absolute atomic E-state index is 0.0441. The molecule has 0 amide bonds. The van der Waals surface area contributed by atoms with Crippen LogP contribution in [0.15, 0.2) is 48.9 Å². The Morgan fingerprint density at radius 3 is 2.65 bits per heavy atom. The van der Waals surface area contributed by atoms with Crippen LogP contribution in [0.3, 0.4) is 0 Å². The summed E-state index contributed by atoms with van der Waals surface area (Å²) in [7, 11) is 0. The van der Waals surface area contributed by atoms with E-state index in [0.29, 0.717) is 22.9 Å². The lowest BCUT2D eigenvalue weighted by molar-refractivity contribution is 0.0654. The number of imidazole rings is 1. The minimum atomic E-state index is -0.700. The minimum Gasteiger partial charge on any atom is -0.374 e. The smallest absolute Gasteiger partial charge is 0.229 e.